The summed E-state index contributed by atoms with van der Waals surface area (Å²) in [4.78, 5) is 12.9. The van der Waals surface area contributed by atoms with Crippen LogP contribution in [0.4, 0.5) is 11.6 Å². The van der Waals surface area contributed by atoms with Gasteiger partial charge in [0.2, 0.25) is 0 Å². The van der Waals surface area contributed by atoms with Gasteiger partial charge >= 0.3 is 0 Å². The Morgan fingerprint density at radius 2 is 1.86 bits per heavy atom. The lowest BCUT2D eigenvalue weighted by molar-refractivity contribution is 0.843. The molecule has 2 aromatic heterocycles. The average molecular weight is 285 g/mol. The van der Waals surface area contributed by atoms with Gasteiger partial charge in [-0.1, -0.05) is 13.8 Å². The molecule has 0 atom stereocenters. The van der Waals surface area contributed by atoms with Crippen molar-refractivity contribution < 1.29 is 0 Å². The summed E-state index contributed by atoms with van der Waals surface area (Å²) in [5.41, 5.74) is 3.53. The van der Waals surface area contributed by atoms with Crippen LogP contribution >= 0.6 is 0 Å². The first-order valence-corrected chi connectivity index (χ1v) is 7.35. The summed E-state index contributed by atoms with van der Waals surface area (Å²) in [6.07, 6.45) is 5.30. The van der Waals surface area contributed by atoms with Crippen LogP contribution in [-0.4, -0.2) is 21.5 Å². The maximum Gasteiger partial charge on any atom is 0.135 e. The van der Waals surface area contributed by atoms with Gasteiger partial charge in [0.05, 0.1) is 0 Å². The first kappa shape index (κ1) is 15.2. The molecule has 0 radical (unpaired) electrons. The number of aryl methyl sites for hydroxylation is 1. The molecule has 0 saturated carbocycles. The summed E-state index contributed by atoms with van der Waals surface area (Å²) < 4.78 is 0. The summed E-state index contributed by atoms with van der Waals surface area (Å²) in [5, 5.41) is 6.74. The molecule has 0 fully saturated rings. The molecule has 2 aromatic rings. The van der Waals surface area contributed by atoms with Crippen LogP contribution in [0.15, 0.2) is 24.8 Å². The van der Waals surface area contributed by atoms with Crippen molar-refractivity contribution in [1.82, 2.24) is 15.0 Å². The van der Waals surface area contributed by atoms with E-state index < -0.39 is 0 Å². The molecule has 2 heterocycles. The molecular weight excluding hydrogens is 262 g/mol. The van der Waals surface area contributed by atoms with Crippen LogP contribution in [-0.2, 0) is 6.54 Å². The van der Waals surface area contributed by atoms with Crippen molar-refractivity contribution in [2.24, 2.45) is 0 Å². The number of pyridine rings is 1. The lowest BCUT2D eigenvalue weighted by Gasteiger charge is -2.17. The van der Waals surface area contributed by atoms with E-state index in [4.69, 9.17) is 0 Å². The van der Waals surface area contributed by atoms with E-state index >= 15 is 0 Å². The molecular formula is C16H23N5. The third kappa shape index (κ3) is 3.68. The highest BCUT2D eigenvalue weighted by molar-refractivity contribution is 5.59. The van der Waals surface area contributed by atoms with Gasteiger partial charge in [0, 0.05) is 31.0 Å². The van der Waals surface area contributed by atoms with Crippen molar-refractivity contribution in [3.05, 3.63) is 41.5 Å². The average Bonchev–Trinajstić information content (AvgIpc) is 2.46. The second-order valence-corrected chi connectivity index (χ2v) is 5.33. The largest absolute Gasteiger partial charge is 0.370 e. The number of rotatable bonds is 6. The van der Waals surface area contributed by atoms with Crippen LogP contribution in [0, 0.1) is 6.92 Å². The molecule has 0 aliphatic heterocycles. The Labute approximate surface area is 126 Å². The van der Waals surface area contributed by atoms with E-state index in [2.05, 4.69) is 53.3 Å². The highest BCUT2D eigenvalue weighted by atomic mass is 15.1. The van der Waals surface area contributed by atoms with Gasteiger partial charge in [0.15, 0.2) is 0 Å². The van der Waals surface area contributed by atoms with Crippen LogP contribution < -0.4 is 10.6 Å². The van der Waals surface area contributed by atoms with E-state index in [9.17, 15) is 0 Å². The van der Waals surface area contributed by atoms with Crippen molar-refractivity contribution >= 4 is 11.6 Å². The second kappa shape index (κ2) is 7.02. The number of hydrogen-bond donors (Lipinski definition) is 2. The molecule has 0 saturated heterocycles. The fourth-order valence-corrected chi connectivity index (χ4v) is 2.27. The Morgan fingerprint density at radius 1 is 1.14 bits per heavy atom. The third-order valence-corrected chi connectivity index (χ3v) is 3.39. The Balaban J connectivity index is 2.23. The first-order valence-electron chi connectivity index (χ1n) is 7.35. The van der Waals surface area contributed by atoms with Gasteiger partial charge in [-0.05, 0) is 37.0 Å². The molecule has 0 bridgehead atoms. The zero-order chi connectivity index (χ0) is 15.2. The highest BCUT2D eigenvalue weighted by Gasteiger charge is 2.14. The Hall–Kier alpha value is -2.17. The van der Waals surface area contributed by atoms with Crippen LogP contribution in [0.2, 0.25) is 0 Å². The smallest absolute Gasteiger partial charge is 0.135 e. The molecule has 0 aliphatic carbocycles. The van der Waals surface area contributed by atoms with E-state index in [1.54, 1.807) is 6.33 Å². The van der Waals surface area contributed by atoms with Crippen LogP contribution in [0.1, 0.15) is 43.4 Å². The molecule has 21 heavy (non-hydrogen) atoms. The Morgan fingerprint density at radius 3 is 2.48 bits per heavy atom. The van der Waals surface area contributed by atoms with Crippen molar-refractivity contribution in [2.75, 3.05) is 17.2 Å². The van der Waals surface area contributed by atoms with Gasteiger partial charge in [-0.3, -0.25) is 4.98 Å². The second-order valence-electron chi connectivity index (χ2n) is 5.33. The van der Waals surface area contributed by atoms with E-state index in [0.717, 1.165) is 30.3 Å². The summed E-state index contributed by atoms with van der Waals surface area (Å²) in [6, 6.07) is 2.03. The van der Waals surface area contributed by atoms with Gasteiger partial charge in [-0.15, -0.1) is 0 Å². The zero-order valence-electron chi connectivity index (χ0n) is 13.1. The third-order valence-electron chi connectivity index (χ3n) is 3.39. The number of anilines is 2. The van der Waals surface area contributed by atoms with Crippen molar-refractivity contribution in [1.29, 1.82) is 0 Å². The lowest BCUT2D eigenvalue weighted by atomic mass is 10.0. The molecule has 0 spiro atoms. The van der Waals surface area contributed by atoms with E-state index in [1.165, 1.54) is 11.1 Å². The number of nitrogens with zero attached hydrogens (tertiary/aromatic N) is 3. The molecule has 0 unspecified atom stereocenters. The first-order chi connectivity index (χ1) is 10.1. The predicted octanol–water partition coefficient (Wildman–Crippen LogP) is 3.35. The molecule has 2 rings (SSSR count). The summed E-state index contributed by atoms with van der Waals surface area (Å²) in [6.45, 7) is 10.0. The van der Waals surface area contributed by atoms with Crippen molar-refractivity contribution in [3.8, 4) is 0 Å². The lowest BCUT2D eigenvalue weighted by Crippen LogP contribution is -2.11. The SMILES string of the molecule is CCNc1ncnc(NCc2ccncc2C)c1C(C)C. The fraction of sp³-hybridized carbons (Fsp3) is 0.438. The minimum Gasteiger partial charge on any atom is -0.370 e. The zero-order valence-corrected chi connectivity index (χ0v) is 13.1. The normalized spacial score (nSPS) is 10.7. The van der Waals surface area contributed by atoms with Gasteiger partial charge in [0.1, 0.15) is 18.0 Å². The van der Waals surface area contributed by atoms with Gasteiger partial charge < -0.3 is 10.6 Å². The van der Waals surface area contributed by atoms with Crippen LogP contribution in [0.5, 0.6) is 0 Å². The molecule has 112 valence electrons. The molecule has 5 nitrogen and oxygen atoms in total. The Kier molecular flexibility index (Phi) is 5.09. The molecule has 5 heteroatoms. The minimum absolute atomic E-state index is 0.348. The van der Waals surface area contributed by atoms with Crippen molar-refractivity contribution in [3.63, 3.8) is 0 Å². The number of aromatic nitrogens is 3. The van der Waals surface area contributed by atoms with Gasteiger partial charge in [0.25, 0.3) is 0 Å². The summed E-state index contributed by atoms with van der Waals surface area (Å²) in [5.74, 6) is 2.16. The van der Waals surface area contributed by atoms with Crippen molar-refractivity contribution in [2.45, 2.75) is 40.2 Å². The predicted molar refractivity (Wildman–Crippen MR) is 86.6 cm³/mol. The number of nitrogens with one attached hydrogen (secondary N) is 2. The van der Waals surface area contributed by atoms with Gasteiger partial charge in [-0.25, -0.2) is 9.97 Å². The monoisotopic (exact) mass is 285 g/mol. The van der Waals surface area contributed by atoms with Gasteiger partial charge in [-0.2, -0.15) is 0 Å². The standard InChI is InChI=1S/C16H23N5/c1-5-18-15-14(11(2)3)16(21-10-20-15)19-9-13-6-7-17-8-12(13)4/h6-8,10-11H,5,9H2,1-4H3,(H2,18,19,20,21). The molecule has 2 N–H and O–H groups in total. The molecule has 0 amide bonds. The minimum atomic E-state index is 0.348. The topological polar surface area (TPSA) is 62.7 Å². The molecule has 0 aliphatic rings. The van der Waals surface area contributed by atoms with E-state index in [0.29, 0.717) is 5.92 Å². The number of hydrogen-bond acceptors (Lipinski definition) is 5. The molecule has 0 aromatic carbocycles. The van der Waals surface area contributed by atoms with E-state index in [-0.39, 0.29) is 0 Å². The fourth-order valence-electron chi connectivity index (χ4n) is 2.27. The van der Waals surface area contributed by atoms with E-state index in [1.807, 2.05) is 18.5 Å². The maximum absolute atomic E-state index is 4.41. The maximum atomic E-state index is 4.41. The van der Waals surface area contributed by atoms with Crippen LogP contribution in [0.25, 0.3) is 0 Å². The quantitative estimate of drug-likeness (QED) is 0.852. The van der Waals surface area contributed by atoms with Crippen LogP contribution in [0.3, 0.4) is 0 Å². The summed E-state index contributed by atoms with van der Waals surface area (Å²) in [7, 11) is 0. The summed E-state index contributed by atoms with van der Waals surface area (Å²) >= 11 is 0. The highest BCUT2D eigenvalue weighted by Crippen LogP contribution is 2.28. The Bertz CT molecular complexity index is 595.